The van der Waals surface area contributed by atoms with Crippen molar-refractivity contribution in [1.82, 2.24) is 10.6 Å². The van der Waals surface area contributed by atoms with E-state index >= 15 is 0 Å². The fourth-order valence-electron chi connectivity index (χ4n) is 2.81. The Bertz CT molecular complexity index is 475. The number of carbonyl (C=O) groups is 2. The SMILES string of the molecule is CC1CCCCC1CNC(=O)NC(C(=O)O)c1cccs1. The lowest BCUT2D eigenvalue weighted by Crippen LogP contribution is -2.43. The summed E-state index contributed by atoms with van der Waals surface area (Å²) < 4.78 is 0. The molecule has 116 valence electrons. The zero-order valence-electron chi connectivity index (χ0n) is 12.2. The molecular weight excluding hydrogens is 288 g/mol. The van der Waals surface area contributed by atoms with E-state index in [4.69, 9.17) is 0 Å². The lowest BCUT2D eigenvalue weighted by molar-refractivity contribution is -0.139. The fraction of sp³-hybridized carbons (Fsp3) is 0.600. The first-order chi connectivity index (χ1) is 10.1. The second kappa shape index (κ2) is 7.45. The van der Waals surface area contributed by atoms with Gasteiger partial charge >= 0.3 is 12.0 Å². The van der Waals surface area contributed by atoms with Crippen LogP contribution >= 0.6 is 11.3 Å². The molecular formula is C15H22N2O3S. The minimum Gasteiger partial charge on any atom is -0.479 e. The van der Waals surface area contributed by atoms with Gasteiger partial charge in [0.25, 0.3) is 0 Å². The summed E-state index contributed by atoms with van der Waals surface area (Å²) in [6.45, 7) is 2.83. The Hall–Kier alpha value is -1.56. The van der Waals surface area contributed by atoms with Crippen molar-refractivity contribution in [2.75, 3.05) is 6.54 Å². The van der Waals surface area contributed by atoms with Crippen molar-refractivity contribution in [3.05, 3.63) is 22.4 Å². The summed E-state index contributed by atoms with van der Waals surface area (Å²) in [5.41, 5.74) is 0. The van der Waals surface area contributed by atoms with E-state index in [1.165, 1.54) is 30.6 Å². The summed E-state index contributed by atoms with van der Waals surface area (Å²) in [6, 6.07) is 2.11. The molecule has 0 aliphatic heterocycles. The van der Waals surface area contributed by atoms with E-state index in [2.05, 4.69) is 17.6 Å². The molecule has 1 aliphatic carbocycles. The predicted molar refractivity (Wildman–Crippen MR) is 82.4 cm³/mol. The lowest BCUT2D eigenvalue weighted by Gasteiger charge is -2.29. The molecule has 1 aromatic heterocycles. The molecule has 1 aromatic rings. The van der Waals surface area contributed by atoms with Crippen LogP contribution in [0.1, 0.15) is 43.5 Å². The van der Waals surface area contributed by atoms with Gasteiger partial charge in [0.1, 0.15) is 0 Å². The van der Waals surface area contributed by atoms with E-state index in [1.54, 1.807) is 17.5 Å². The standard InChI is InChI=1S/C15H22N2O3S/c1-10-5-2-3-6-11(10)9-16-15(20)17-13(14(18)19)12-7-4-8-21-12/h4,7-8,10-11,13H,2-3,5-6,9H2,1H3,(H,18,19)(H2,16,17,20). The van der Waals surface area contributed by atoms with Gasteiger partial charge < -0.3 is 15.7 Å². The lowest BCUT2D eigenvalue weighted by atomic mass is 9.80. The molecule has 21 heavy (non-hydrogen) atoms. The molecule has 0 spiro atoms. The van der Waals surface area contributed by atoms with E-state index in [0.29, 0.717) is 23.3 Å². The van der Waals surface area contributed by atoms with Crippen molar-refractivity contribution >= 4 is 23.3 Å². The molecule has 1 fully saturated rings. The van der Waals surface area contributed by atoms with Gasteiger partial charge in [-0.2, -0.15) is 0 Å². The number of thiophene rings is 1. The molecule has 0 saturated heterocycles. The quantitative estimate of drug-likeness (QED) is 0.782. The van der Waals surface area contributed by atoms with Gasteiger partial charge in [0.2, 0.25) is 0 Å². The highest BCUT2D eigenvalue weighted by molar-refractivity contribution is 7.10. The van der Waals surface area contributed by atoms with Gasteiger partial charge in [-0.25, -0.2) is 9.59 Å². The van der Waals surface area contributed by atoms with Crippen molar-refractivity contribution < 1.29 is 14.7 Å². The predicted octanol–water partition coefficient (Wildman–Crippen LogP) is 3.00. The van der Waals surface area contributed by atoms with Crippen molar-refractivity contribution in [2.45, 2.75) is 38.6 Å². The van der Waals surface area contributed by atoms with Gasteiger partial charge in [-0.05, 0) is 29.7 Å². The van der Waals surface area contributed by atoms with E-state index < -0.39 is 18.0 Å². The highest BCUT2D eigenvalue weighted by atomic mass is 32.1. The average Bonchev–Trinajstić information content (AvgIpc) is 2.97. The first-order valence-electron chi connectivity index (χ1n) is 7.38. The van der Waals surface area contributed by atoms with E-state index in [0.717, 1.165) is 6.42 Å². The Morgan fingerprint density at radius 1 is 1.43 bits per heavy atom. The monoisotopic (exact) mass is 310 g/mol. The van der Waals surface area contributed by atoms with Crippen molar-refractivity contribution in [1.29, 1.82) is 0 Å². The van der Waals surface area contributed by atoms with E-state index in [-0.39, 0.29) is 0 Å². The third-order valence-corrected chi connectivity index (χ3v) is 5.10. The van der Waals surface area contributed by atoms with Gasteiger partial charge in [-0.1, -0.05) is 32.3 Å². The third kappa shape index (κ3) is 4.46. The summed E-state index contributed by atoms with van der Waals surface area (Å²) in [4.78, 5) is 23.8. The number of carboxylic acids is 1. The Labute approximate surface area is 128 Å². The van der Waals surface area contributed by atoms with Crippen molar-refractivity contribution in [3.63, 3.8) is 0 Å². The molecule has 0 radical (unpaired) electrons. The number of carbonyl (C=O) groups excluding carboxylic acids is 1. The molecule has 3 atom stereocenters. The van der Waals surface area contributed by atoms with Crippen LogP contribution in [-0.4, -0.2) is 23.7 Å². The van der Waals surface area contributed by atoms with Crippen LogP contribution in [0, 0.1) is 11.8 Å². The van der Waals surface area contributed by atoms with Crippen LogP contribution in [-0.2, 0) is 4.79 Å². The van der Waals surface area contributed by atoms with Crippen LogP contribution in [0.25, 0.3) is 0 Å². The highest BCUT2D eigenvalue weighted by Gasteiger charge is 2.25. The summed E-state index contributed by atoms with van der Waals surface area (Å²) in [5.74, 6) is 0.0692. The van der Waals surface area contributed by atoms with E-state index in [1.807, 2.05) is 0 Å². The molecule has 3 unspecified atom stereocenters. The molecule has 1 aliphatic rings. The second-order valence-electron chi connectivity index (χ2n) is 5.66. The molecule has 0 bridgehead atoms. The smallest absolute Gasteiger partial charge is 0.331 e. The number of rotatable bonds is 5. The molecule has 2 amide bonds. The second-order valence-corrected chi connectivity index (χ2v) is 6.64. The average molecular weight is 310 g/mol. The number of hydrogen-bond acceptors (Lipinski definition) is 3. The topological polar surface area (TPSA) is 78.4 Å². The molecule has 1 heterocycles. The van der Waals surface area contributed by atoms with Crippen molar-refractivity contribution in [3.8, 4) is 0 Å². The number of urea groups is 1. The van der Waals surface area contributed by atoms with Gasteiger partial charge in [-0.15, -0.1) is 11.3 Å². The van der Waals surface area contributed by atoms with Gasteiger partial charge in [0.15, 0.2) is 6.04 Å². The zero-order chi connectivity index (χ0) is 15.2. The Morgan fingerprint density at radius 3 is 2.81 bits per heavy atom. The minimum absolute atomic E-state index is 0.409. The van der Waals surface area contributed by atoms with Gasteiger partial charge in [0.05, 0.1) is 0 Å². The highest BCUT2D eigenvalue weighted by Crippen LogP contribution is 2.28. The summed E-state index contributed by atoms with van der Waals surface area (Å²) in [7, 11) is 0. The summed E-state index contributed by atoms with van der Waals surface area (Å²) in [6.07, 6.45) is 4.82. The first kappa shape index (κ1) is 15.8. The van der Waals surface area contributed by atoms with Gasteiger partial charge in [0, 0.05) is 11.4 Å². The number of aliphatic carboxylic acids is 1. The Morgan fingerprint density at radius 2 is 2.19 bits per heavy atom. The number of nitrogens with one attached hydrogen (secondary N) is 2. The molecule has 6 heteroatoms. The Kier molecular flexibility index (Phi) is 5.61. The zero-order valence-corrected chi connectivity index (χ0v) is 13.0. The van der Waals surface area contributed by atoms with E-state index in [9.17, 15) is 14.7 Å². The maximum atomic E-state index is 11.9. The fourth-order valence-corrected chi connectivity index (χ4v) is 3.58. The van der Waals surface area contributed by atoms with Crippen LogP contribution in [0.15, 0.2) is 17.5 Å². The maximum Gasteiger partial charge on any atom is 0.331 e. The molecule has 1 saturated carbocycles. The molecule has 0 aromatic carbocycles. The van der Waals surface area contributed by atoms with Crippen LogP contribution in [0.4, 0.5) is 4.79 Å². The normalized spacial score (nSPS) is 23.3. The molecule has 3 N–H and O–H groups in total. The largest absolute Gasteiger partial charge is 0.479 e. The number of hydrogen-bond donors (Lipinski definition) is 3. The molecule has 2 rings (SSSR count). The van der Waals surface area contributed by atoms with Gasteiger partial charge in [-0.3, -0.25) is 0 Å². The summed E-state index contributed by atoms with van der Waals surface area (Å²) in [5, 5.41) is 16.4. The van der Waals surface area contributed by atoms with Crippen LogP contribution in [0.5, 0.6) is 0 Å². The summed E-state index contributed by atoms with van der Waals surface area (Å²) >= 11 is 1.32. The third-order valence-electron chi connectivity index (χ3n) is 4.16. The first-order valence-corrected chi connectivity index (χ1v) is 8.26. The van der Waals surface area contributed by atoms with Crippen molar-refractivity contribution in [2.24, 2.45) is 11.8 Å². The van der Waals surface area contributed by atoms with Crippen LogP contribution in [0.2, 0.25) is 0 Å². The van der Waals surface area contributed by atoms with Crippen LogP contribution in [0.3, 0.4) is 0 Å². The number of amides is 2. The molecule has 5 nitrogen and oxygen atoms in total. The minimum atomic E-state index is -1.04. The Balaban J connectivity index is 1.84. The van der Waals surface area contributed by atoms with Crippen LogP contribution < -0.4 is 10.6 Å². The number of carboxylic acid groups (broad SMARTS) is 1. The maximum absolute atomic E-state index is 11.9.